The van der Waals surface area contributed by atoms with Gasteiger partial charge in [-0.1, -0.05) is 62.5 Å². The lowest BCUT2D eigenvalue weighted by Gasteiger charge is -2.26. The molecule has 0 aliphatic heterocycles. The number of aliphatic hydroxyl groups is 1. The van der Waals surface area contributed by atoms with Crippen LogP contribution in [-0.2, 0) is 0 Å². The third-order valence-electron chi connectivity index (χ3n) is 4.06. The fourth-order valence-corrected chi connectivity index (χ4v) is 3.47. The second-order valence-corrected chi connectivity index (χ2v) is 7.14. The fourth-order valence-electron chi connectivity index (χ4n) is 2.63. The Morgan fingerprint density at radius 3 is 2.55 bits per heavy atom. The van der Waals surface area contributed by atoms with E-state index >= 15 is 0 Å². The van der Waals surface area contributed by atoms with Crippen molar-refractivity contribution < 1.29 is 5.11 Å². The Hall–Kier alpha value is -0.640. The van der Waals surface area contributed by atoms with E-state index in [0.29, 0.717) is 5.92 Å². The lowest BCUT2D eigenvalue weighted by molar-refractivity contribution is 0.219. The van der Waals surface area contributed by atoms with Crippen molar-refractivity contribution in [2.24, 2.45) is 0 Å². The minimum absolute atomic E-state index is 0.595. The van der Waals surface area contributed by atoms with E-state index in [2.05, 4.69) is 50.1 Å². The molecule has 3 rings (SSSR count). The zero-order valence-corrected chi connectivity index (χ0v) is 14.2. The van der Waals surface area contributed by atoms with Gasteiger partial charge in [-0.3, -0.25) is 0 Å². The maximum absolute atomic E-state index is 10.6. The van der Waals surface area contributed by atoms with E-state index in [1.54, 1.807) is 0 Å². The molecule has 0 spiro atoms. The molecule has 1 aliphatic rings. The van der Waals surface area contributed by atoms with E-state index in [4.69, 9.17) is 0 Å². The number of hydrogen-bond acceptors (Lipinski definition) is 1. The topological polar surface area (TPSA) is 20.2 Å². The van der Waals surface area contributed by atoms with Gasteiger partial charge in [0.15, 0.2) is 0 Å². The van der Waals surface area contributed by atoms with Gasteiger partial charge < -0.3 is 5.11 Å². The predicted octanol–water partition coefficient (Wildman–Crippen LogP) is 5.56. The number of benzene rings is 2. The molecule has 1 aliphatic carbocycles. The normalized spacial score (nSPS) is 16.8. The highest BCUT2D eigenvalue weighted by Crippen LogP contribution is 2.38. The SMILES string of the molecule is OC(c1cccc(C2CCC2)c1)c1cc(Br)ccc1Br. The van der Waals surface area contributed by atoms with Crippen LogP contribution in [0.15, 0.2) is 51.4 Å². The van der Waals surface area contributed by atoms with Gasteiger partial charge in [-0.25, -0.2) is 0 Å². The minimum Gasteiger partial charge on any atom is -0.384 e. The average Bonchev–Trinajstić information content (AvgIpc) is 2.39. The Balaban J connectivity index is 1.93. The molecule has 0 heterocycles. The molecule has 0 aromatic heterocycles. The van der Waals surface area contributed by atoms with Crippen molar-refractivity contribution in [3.05, 3.63) is 68.1 Å². The summed E-state index contributed by atoms with van der Waals surface area (Å²) < 4.78 is 1.91. The second-order valence-electron chi connectivity index (χ2n) is 5.37. The van der Waals surface area contributed by atoms with Crippen molar-refractivity contribution in [2.75, 3.05) is 0 Å². The standard InChI is InChI=1S/C17H16Br2O/c18-14-7-8-16(19)15(10-14)17(20)13-6-2-5-12(9-13)11-3-1-4-11/h2,5-11,17,20H,1,3-4H2. The van der Waals surface area contributed by atoms with Crippen LogP contribution in [0.2, 0.25) is 0 Å². The smallest absolute Gasteiger partial charge is 0.105 e. The lowest BCUT2D eigenvalue weighted by atomic mass is 9.79. The van der Waals surface area contributed by atoms with Crippen LogP contribution < -0.4 is 0 Å². The van der Waals surface area contributed by atoms with Gasteiger partial charge in [0.25, 0.3) is 0 Å². The molecule has 20 heavy (non-hydrogen) atoms. The fraction of sp³-hybridized carbons (Fsp3) is 0.294. The quantitative estimate of drug-likeness (QED) is 0.721. The van der Waals surface area contributed by atoms with Crippen LogP contribution in [0, 0.1) is 0 Å². The number of rotatable bonds is 3. The molecule has 0 saturated heterocycles. The summed E-state index contributed by atoms with van der Waals surface area (Å²) in [6.45, 7) is 0. The first kappa shape index (κ1) is 14.3. The monoisotopic (exact) mass is 394 g/mol. The molecule has 0 radical (unpaired) electrons. The van der Waals surface area contributed by atoms with Gasteiger partial charge in [-0.05, 0) is 48.1 Å². The summed E-state index contributed by atoms with van der Waals surface area (Å²) in [7, 11) is 0. The largest absolute Gasteiger partial charge is 0.384 e. The maximum atomic E-state index is 10.6. The van der Waals surface area contributed by atoms with Crippen molar-refractivity contribution >= 4 is 31.9 Å². The highest BCUT2D eigenvalue weighted by Gasteiger charge is 2.21. The third-order valence-corrected chi connectivity index (χ3v) is 5.27. The summed E-state index contributed by atoms with van der Waals surface area (Å²) in [6, 6.07) is 14.3. The van der Waals surface area contributed by atoms with Gasteiger partial charge in [-0.2, -0.15) is 0 Å². The Bertz CT molecular complexity index is 620. The molecular formula is C17H16Br2O. The van der Waals surface area contributed by atoms with E-state index in [0.717, 1.165) is 20.1 Å². The van der Waals surface area contributed by atoms with E-state index in [1.807, 2.05) is 24.3 Å². The highest BCUT2D eigenvalue weighted by atomic mass is 79.9. The number of halogens is 2. The molecule has 1 fully saturated rings. The predicted molar refractivity (Wildman–Crippen MR) is 88.9 cm³/mol. The zero-order chi connectivity index (χ0) is 14.1. The minimum atomic E-state index is -0.595. The van der Waals surface area contributed by atoms with Crippen LogP contribution in [0.1, 0.15) is 48.0 Å². The summed E-state index contributed by atoms with van der Waals surface area (Å²) in [5.74, 6) is 0.688. The Morgan fingerprint density at radius 1 is 1.05 bits per heavy atom. The summed E-state index contributed by atoms with van der Waals surface area (Å²) in [5.41, 5.74) is 3.22. The molecule has 1 atom stereocenters. The van der Waals surface area contributed by atoms with Crippen molar-refractivity contribution in [3.63, 3.8) is 0 Å². The summed E-state index contributed by atoms with van der Waals surface area (Å²) in [4.78, 5) is 0. The second kappa shape index (κ2) is 6.00. The van der Waals surface area contributed by atoms with Crippen molar-refractivity contribution in [2.45, 2.75) is 31.3 Å². The van der Waals surface area contributed by atoms with Gasteiger partial charge >= 0.3 is 0 Å². The molecule has 3 heteroatoms. The Kier molecular flexibility index (Phi) is 4.29. The van der Waals surface area contributed by atoms with Gasteiger partial charge in [0.2, 0.25) is 0 Å². The van der Waals surface area contributed by atoms with Gasteiger partial charge in [0.05, 0.1) is 0 Å². The van der Waals surface area contributed by atoms with Crippen LogP contribution in [-0.4, -0.2) is 5.11 Å². The molecule has 104 valence electrons. The molecule has 1 N–H and O–H groups in total. The van der Waals surface area contributed by atoms with E-state index in [9.17, 15) is 5.11 Å². The van der Waals surface area contributed by atoms with Crippen LogP contribution in [0.4, 0.5) is 0 Å². The average molecular weight is 396 g/mol. The van der Waals surface area contributed by atoms with Crippen LogP contribution in [0.3, 0.4) is 0 Å². The molecule has 0 amide bonds. The summed E-state index contributed by atoms with van der Waals surface area (Å²) >= 11 is 6.98. The molecule has 2 aromatic rings. The Morgan fingerprint density at radius 2 is 1.85 bits per heavy atom. The van der Waals surface area contributed by atoms with Crippen molar-refractivity contribution in [1.82, 2.24) is 0 Å². The molecular weight excluding hydrogens is 380 g/mol. The number of aliphatic hydroxyl groups excluding tert-OH is 1. The van der Waals surface area contributed by atoms with Crippen LogP contribution in [0.25, 0.3) is 0 Å². The maximum Gasteiger partial charge on any atom is 0.105 e. The van der Waals surface area contributed by atoms with Gasteiger partial charge in [0.1, 0.15) is 6.10 Å². The third kappa shape index (κ3) is 2.85. The molecule has 1 unspecified atom stereocenters. The first-order chi connectivity index (χ1) is 9.65. The zero-order valence-electron chi connectivity index (χ0n) is 11.0. The van der Waals surface area contributed by atoms with E-state index in [1.165, 1.54) is 24.8 Å². The summed E-state index contributed by atoms with van der Waals surface area (Å²) in [6.07, 6.45) is 3.29. The number of hydrogen-bond donors (Lipinski definition) is 1. The Labute approximate surface area is 136 Å². The summed E-state index contributed by atoms with van der Waals surface area (Å²) in [5, 5.41) is 10.6. The van der Waals surface area contributed by atoms with Crippen LogP contribution in [0.5, 0.6) is 0 Å². The van der Waals surface area contributed by atoms with E-state index < -0.39 is 6.10 Å². The van der Waals surface area contributed by atoms with E-state index in [-0.39, 0.29) is 0 Å². The lowest BCUT2D eigenvalue weighted by Crippen LogP contribution is -2.09. The van der Waals surface area contributed by atoms with Crippen molar-refractivity contribution in [3.8, 4) is 0 Å². The molecule has 1 nitrogen and oxygen atoms in total. The van der Waals surface area contributed by atoms with Gasteiger partial charge in [0, 0.05) is 14.5 Å². The molecule has 1 saturated carbocycles. The first-order valence-corrected chi connectivity index (χ1v) is 8.46. The highest BCUT2D eigenvalue weighted by molar-refractivity contribution is 9.11. The molecule has 2 aromatic carbocycles. The first-order valence-electron chi connectivity index (χ1n) is 6.88. The van der Waals surface area contributed by atoms with Crippen LogP contribution >= 0.6 is 31.9 Å². The molecule has 0 bridgehead atoms. The van der Waals surface area contributed by atoms with Gasteiger partial charge in [-0.15, -0.1) is 0 Å². The van der Waals surface area contributed by atoms with Crippen molar-refractivity contribution in [1.29, 1.82) is 0 Å².